The number of hydrogen-bond donors (Lipinski definition) is 4. The predicted octanol–water partition coefficient (Wildman–Crippen LogP) is -0.566. The number of nitrogens with zero attached hydrogens (tertiary/aromatic N) is 1. The Balaban J connectivity index is 2.23. The quantitative estimate of drug-likeness (QED) is 0.437. The van der Waals surface area contributed by atoms with Gasteiger partial charge in [-0.2, -0.15) is 13.2 Å². The van der Waals surface area contributed by atoms with Crippen LogP contribution in [0.4, 0.5) is 13.2 Å². The number of nitrogens with one attached hydrogen (secondary N) is 2. The predicted molar refractivity (Wildman–Crippen MR) is 101 cm³/mol. The van der Waals surface area contributed by atoms with Gasteiger partial charge in [-0.1, -0.05) is 0 Å². The number of halogens is 3. The summed E-state index contributed by atoms with van der Waals surface area (Å²) in [5, 5.41) is 22.0. The molecule has 1 aromatic rings. The molecule has 29 heavy (non-hydrogen) atoms. The minimum atomic E-state index is -5.13. The maximum absolute atomic E-state index is 12.3. The normalized spacial score (nSPS) is 25.2. The van der Waals surface area contributed by atoms with Crippen LogP contribution in [-0.2, 0) is 16.1 Å². The Morgan fingerprint density at radius 2 is 1.97 bits per heavy atom. The third kappa shape index (κ3) is 5.81. The van der Waals surface area contributed by atoms with Crippen LogP contribution >= 0.6 is 6.89 Å². The molecule has 2 heterocycles. The Morgan fingerprint density at radius 3 is 2.52 bits per heavy atom. The van der Waals surface area contributed by atoms with Gasteiger partial charge in [0.15, 0.2) is 6.23 Å². The Kier molecular flexibility index (Phi) is 6.83. The Labute approximate surface area is 163 Å². The standard InChI is InChI=1S/C16H23F3N3O6P/c1-29(2,3)5-4-9-10(23)11(24)13(28-9)22-7-8(12(25)21-15(22)27)6-20-14(26)16(17,18)19/h7,9-11,13,23-24H,1,4-6H2,2-3H3,(H,20,26)(H,21,25,27)/t9-,10-,11-,13-/m1/s1. The van der Waals surface area contributed by atoms with Gasteiger partial charge in [0.25, 0.3) is 5.56 Å². The average molecular weight is 441 g/mol. The topological polar surface area (TPSA) is 134 Å². The number of aromatic nitrogens is 2. The van der Waals surface area contributed by atoms with Crippen molar-refractivity contribution in [2.45, 2.75) is 43.7 Å². The van der Waals surface area contributed by atoms with Crippen LogP contribution in [-0.4, -0.2) is 76.0 Å². The molecule has 4 atom stereocenters. The zero-order chi connectivity index (χ0) is 22.1. The first-order valence-corrected chi connectivity index (χ1v) is 11.6. The number of carbonyl (C=O) groups excluding carboxylic acids is 1. The maximum Gasteiger partial charge on any atom is 0.471 e. The highest BCUT2D eigenvalue weighted by Crippen LogP contribution is 2.39. The van der Waals surface area contributed by atoms with Crippen molar-refractivity contribution in [3.8, 4) is 0 Å². The minimum Gasteiger partial charge on any atom is -0.388 e. The van der Waals surface area contributed by atoms with Crippen molar-refractivity contribution in [3.05, 3.63) is 32.6 Å². The number of amides is 1. The summed E-state index contributed by atoms with van der Waals surface area (Å²) in [6.45, 7) is 1.73. The monoisotopic (exact) mass is 441 g/mol. The van der Waals surface area contributed by atoms with Gasteiger partial charge in [-0.25, -0.2) is 4.79 Å². The minimum absolute atomic E-state index is 0.360. The first-order chi connectivity index (χ1) is 13.2. The second-order valence-electron chi connectivity index (χ2n) is 7.50. The summed E-state index contributed by atoms with van der Waals surface area (Å²) in [5.41, 5.74) is -2.34. The highest BCUT2D eigenvalue weighted by molar-refractivity contribution is 7.72. The van der Waals surface area contributed by atoms with Gasteiger partial charge in [-0.05, 0) is 25.9 Å². The maximum atomic E-state index is 12.3. The zero-order valence-corrected chi connectivity index (χ0v) is 16.7. The molecule has 1 aliphatic rings. The van der Waals surface area contributed by atoms with Crippen molar-refractivity contribution in [2.75, 3.05) is 19.5 Å². The molecule has 9 nitrogen and oxygen atoms in total. The lowest BCUT2D eigenvalue weighted by atomic mass is 10.1. The van der Waals surface area contributed by atoms with Crippen LogP contribution in [0.15, 0.2) is 15.8 Å². The Bertz CT molecular complexity index is 922. The molecular weight excluding hydrogens is 418 g/mol. The molecule has 0 aromatic carbocycles. The molecule has 2 rings (SSSR count). The molecule has 0 aliphatic carbocycles. The fraction of sp³-hybridized carbons (Fsp3) is 0.625. The smallest absolute Gasteiger partial charge is 0.388 e. The summed E-state index contributed by atoms with van der Waals surface area (Å²) in [7, 11) is 0. The van der Waals surface area contributed by atoms with E-state index in [0.717, 1.165) is 10.8 Å². The van der Waals surface area contributed by atoms with E-state index in [1.807, 2.05) is 18.3 Å². The van der Waals surface area contributed by atoms with Gasteiger partial charge in [-0.3, -0.25) is 19.1 Å². The molecule has 1 saturated heterocycles. The van der Waals surface area contributed by atoms with E-state index >= 15 is 0 Å². The van der Waals surface area contributed by atoms with Crippen LogP contribution < -0.4 is 16.6 Å². The molecule has 1 aromatic heterocycles. The van der Waals surface area contributed by atoms with E-state index in [1.54, 1.807) is 0 Å². The van der Waals surface area contributed by atoms with Gasteiger partial charge in [0.1, 0.15) is 12.2 Å². The number of aliphatic hydroxyl groups is 2. The molecule has 1 aliphatic heterocycles. The van der Waals surface area contributed by atoms with Gasteiger partial charge < -0.3 is 20.3 Å². The van der Waals surface area contributed by atoms with Gasteiger partial charge in [0, 0.05) is 12.7 Å². The molecule has 1 amide bonds. The van der Waals surface area contributed by atoms with E-state index in [1.165, 1.54) is 5.32 Å². The van der Waals surface area contributed by atoms with E-state index < -0.39 is 61.3 Å². The second-order valence-corrected chi connectivity index (χ2v) is 11.8. The number of alkyl halides is 3. The average Bonchev–Trinajstić information content (AvgIpc) is 2.86. The summed E-state index contributed by atoms with van der Waals surface area (Å²) in [4.78, 5) is 36.8. The summed E-state index contributed by atoms with van der Waals surface area (Å²) < 4.78 is 43.3. The number of ether oxygens (including phenoxy) is 1. The molecule has 0 bridgehead atoms. The lowest BCUT2D eigenvalue weighted by molar-refractivity contribution is -0.173. The van der Waals surface area contributed by atoms with Crippen LogP contribution in [0.2, 0.25) is 0 Å². The van der Waals surface area contributed by atoms with E-state index in [2.05, 4.69) is 6.30 Å². The fourth-order valence-corrected chi connectivity index (χ4v) is 3.75. The number of hydrogen-bond acceptors (Lipinski definition) is 6. The van der Waals surface area contributed by atoms with Crippen molar-refractivity contribution in [3.63, 3.8) is 0 Å². The third-order valence-electron chi connectivity index (χ3n) is 4.37. The van der Waals surface area contributed by atoms with Crippen LogP contribution in [0.25, 0.3) is 0 Å². The van der Waals surface area contributed by atoms with Crippen molar-refractivity contribution < 1.29 is 32.9 Å². The number of aliphatic hydroxyl groups excluding tert-OH is 2. The van der Waals surface area contributed by atoms with Crippen molar-refractivity contribution >= 4 is 19.1 Å². The zero-order valence-electron chi connectivity index (χ0n) is 15.8. The van der Waals surface area contributed by atoms with Gasteiger partial charge >= 0.3 is 17.8 Å². The highest BCUT2D eigenvalue weighted by Gasteiger charge is 2.44. The van der Waals surface area contributed by atoms with Crippen molar-refractivity contribution in [1.29, 1.82) is 0 Å². The SMILES string of the molecule is C=P(C)(C)CC[C@H]1O[C@@H](n2cc(CNC(=O)C(F)(F)F)c(=O)[nH]c2=O)[C@H](O)[C@@H]1O. The molecule has 164 valence electrons. The van der Waals surface area contributed by atoms with Crippen molar-refractivity contribution in [1.82, 2.24) is 14.9 Å². The summed E-state index contributed by atoms with van der Waals surface area (Å²) in [6, 6.07) is 0. The third-order valence-corrected chi connectivity index (χ3v) is 5.84. The van der Waals surface area contributed by atoms with Crippen LogP contribution in [0.3, 0.4) is 0 Å². The lowest BCUT2D eigenvalue weighted by Gasteiger charge is -2.19. The van der Waals surface area contributed by atoms with Crippen molar-refractivity contribution in [2.24, 2.45) is 0 Å². The molecule has 0 saturated carbocycles. The first-order valence-electron chi connectivity index (χ1n) is 8.59. The summed E-state index contributed by atoms with van der Waals surface area (Å²) >= 11 is 0. The largest absolute Gasteiger partial charge is 0.471 e. The number of aromatic amines is 1. The molecule has 1 fully saturated rings. The van der Waals surface area contributed by atoms with E-state index in [4.69, 9.17) is 4.74 Å². The van der Waals surface area contributed by atoms with Crippen LogP contribution in [0.1, 0.15) is 18.2 Å². The Morgan fingerprint density at radius 1 is 1.34 bits per heavy atom. The second kappa shape index (κ2) is 8.47. The fourth-order valence-electron chi connectivity index (χ4n) is 2.79. The molecule has 13 heteroatoms. The van der Waals surface area contributed by atoms with Gasteiger partial charge in [-0.15, -0.1) is 13.2 Å². The summed E-state index contributed by atoms with van der Waals surface area (Å²) in [6.07, 6.45) is -4.13. The molecule has 0 spiro atoms. The molecule has 0 radical (unpaired) electrons. The van der Waals surface area contributed by atoms with Gasteiger partial charge in [0.05, 0.1) is 11.7 Å². The molecular formula is C16H23F3N3O6P. The van der Waals surface area contributed by atoms with Crippen LogP contribution in [0.5, 0.6) is 0 Å². The van der Waals surface area contributed by atoms with E-state index in [0.29, 0.717) is 12.6 Å². The molecule has 0 unspecified atom stereocenters. The summed E-state index contributed by atoms with van der Waals surface area (Å²) in [5.74, 6) is -2.25. The number of H-pyrrole nitrogens is 1. The van der Waals surface area contributed by atoms with E-state index in [9.17, 15) is 37.8 Å². The lowest BCUT2D eigenvalue weighted by Crippen LogP contribution is -2.41. The van der Waals surface area contributed by atoms with Gasteiger partial charge in [0.2, 0.25) is 0 Å². The Hall–Kier alpha value is -1.88. The highest BCUT2D eigenvalue weighted by atomic mass is 31.2. The number of carbonyl (C=O) groups is 1. The first kappa shape index (κ1) is 23.4. The number of rotatable bonds is 6. The van der Waals surface area contributed by atoms with Crippen LogP contribution in [0, 0.1) is 0 Å². The van der Waals surface area contributed by atoms with E-state index in [-0.39, 0.29) is 5.56 Å². The molecule has 4 N–H and O–H groups in total.